The molecule has 34 heavy (non-hydrogen) atoms. The molecule has 0 aliphatic carbocycles. The van der Waals surface area contributed by atoms with Crippen molar-refractivity contribution in [1.82, 2.24) is 9.88 Å². The zero-order chi connectivity index (χ0) is 24.3. The lowest BCUT2D eigenvalue weighted by atomic mass is 9.92. The molecule has 3 aliphatic rings. The predicted octanol–water partition coefficient (Wildman–Crippen LogP) is 3.66. The maximum atomic E-state index is 12.8. The fourth-order valence-electron chi connectivity index (χ4n) is 4.10. The Morgan fingerprint density at radius 2 is 1.94 bits per heavy atom. The second kappa shape index (κ2) is 9.93. The normalized spacial score (nSPS) is 20.3. The van der Waals surface area contributed by atoms with Crippen LogP contribution in [0.1, 0.15) is 33.6 Å². The smallest absolute Gasteiger partial charge is 0.475 e. The maximum Gasteiger partial charge on any atom is 0.490 e. The molecule has 5 rings (SSSR count). The number of hydrogen-bond donors (Lipinski definition) is 1. The Hall–Kier alpha value is -2.63. The summed E-state index contributed by atoms with van der Waals surface area (Å²) in [5.74, 6) is -1.63. The third-order valence-corrected chi connectivity index (χ3v) is 7.40. The first kappa shape index (κ1) is 24.5. The standard InChI is InChI=1S/C21H22N2O3S.C2HF3O2/c24-20(15-4-5-16-9-25-10-17(16)7-15)23-13-21(14-23)8-19(12-27-21)26-11-18-3-1-2-6-22-18;3-2(4,5)1(6)7/h1-7,19H,8-14H2;(H,6,7). The topological polar surface area (TPSA) is 89.0 Å². The van der Waals surface area contributed by atoms with Gasteiger partial charge in [-0.2, -0.15) is 13.2 Å². The summed E-state index contributed by atoms with van der Waals surface area (Å²) in [6, 6.07) is 11.8. The SMILES string of the molecule is O=C(O)C(F)(F)F.O=C(c1ccc2c(c1)COC2)N1CC2(CC(OCc3ccccn3)CS2)C1. The first-order valence-electron chi connectivity index (χ1n) is 10.6. The van der Waals surface area contributed by atoms with Crippen molar-refractivity contribution in [3.8, 4) is 0 Å². The van der Waals surface area contributed by atoms with Crippen LogP contribution in [0, 0.1) is 0 Å². The summed E-state index contributed by atoms with van der Waals surface area (Å²) in [6.45, 7) is 3.46. The van der Waals surface area contributed by atoms with Gasteiger partial charge in [0.05, 0.1) is 36.4 Å². The molecular weight excluding hydrogens is 473 g/mol. The average Bonchev–Trinajstić information content (AvgIpc) is 3.43. The van der Waals surface area contributed by atoms with Gasteiger partial charge < -0.3 is 19.5 Å². The quantitative estimate of drug-likeness (QED) is 0.691. The van der Waals surface area contributed by atoms with E-state index in [4.69, 9.17) is 19.4 Å². The lowest BCUT2D eigenvalue weighted by molar-refractivity contribution is -0.192. The first-order valence-corrected chi connectivity index (χ1v) is 11.6. The number of rotatable bonds is 4. The Bertz CT molecular complexity index is 1040. The number of alkyl halides is 3. The lowest BCUT2D eigenvalue weighted by Crippen LogP contribution is -2.60. The van der Waals surface area contributed by atoms with Gasteiger partial charge in [-0.3, -0.25) is 9.78 Å². The van der Waals surface area contributed by atoms with E-state index in [1.807, 2.05) is 53.1 Å². The van der Waals surface area contributed by atoms with Crippen LogP contribution in [-0.4, -0.2) is 62.7 Å². The van der Waals surface area contributed by atoms with E-state index in [-0.39, 0.29) is 16.8 Å². The highest BCUT2D eigenvalue weighted by molar-refractivity contribution is 8.01. The number of thioether (sulfide) groups is 1. The minimum atomic E-state index is -5.08. The summed E-state index contributed by atoms with van der Waals surface area (Å²) < 4.78 is 43.4. The van der Waals surface area contributed by atoms with Crippen LogP contribution in [0.5, 0.6) is 0 Å². The molecule has 0 bridgehead atoms. The molecule has 11 heteroatoms. The number of pyridine rings is 1. The number of carboxylic acid groups (broad SMARTS) is 1. The number of carboxylic acids is 1. The molecule has 1 N–H and O–H groups in total. The molecule has 1 amide bonds. The number of aliphatic carboxylic acids is 1. The summed E-state index contributed by atoms with van der Waals surface area (Å²) in [5.41, 5.74) is 4.09. The number of fused-ring (bicyclic) bond motifs is 1. The Morgan fingerprint density at radius 3 is 2.62 bits per heavy atom. The van der Waals surface area contributed by atoms with Gasteiger partial charge >= 0.3 is 12.1 Å². The molecule has 1 aromatic carbocycles. The summed E-state index contributed by atoms with van der Waals surface area (Å²) in [4.78, 5) is 28.0. The third-order valence-electron chi connectivity index (χ3n) is 5.82. The molecule has 4 heterocycles. The Morgan fingerprint density at radius 1 is 1.21 bits per heavy atom. The Labute approximate surface area is 198 Å². The number of amides is 1. The van der Waals surface area contributed by atoms with E-state index in [9.17, 15) is 18.0 Å². The van der Waals surface area contributed by atoms with Gasteiger partial charge in [-0.05, 0) is 41.8 Å². The largest absolute Gasteiger partial charge is 0.490 e. The number of carbonyl (C=O) groups excluding carboxylic acids is 1. The molecule has 2 aromatic rings. The summed E-state index contributed by atoms with van der Waals surface area (Å²) in [6.07, 6.45) is -2.04. The number of carbonyl (C=O) groups is 2. The van der Waals surface area contributed by atoms with Crippen LogP contribution >= 0.6 is 11.8 Å². The van der Waals surface area contributed by atoms with E-state index in [0.29, 0.717) is 19.8 Å². The molecule has 0 radical (unpaired) electrons. The van der Waals surface area contributed by atoms with Gasteiger partial charge in [0, 0.05) is 30.6 Å². The number of nitrogens with zero attached hydrogens (tertiary/aromatic N) is 2. The summed E-state index contributed by atoms with van der Waals surface area (Å²) >= 11 is 1.95. The molecule has 182 valence electrons. The zero-order valence-corrected chi connectivity index (χ0v) is 18.9. The van der Waals surface area contributed by atoms with Crippen molar-refractivity contribution in [3.05, 3.63) is 65.0 Å². The van der Waals surface area contributed by atoms with Crippen molar-refractivity contribution in [1.29, 1.82) is 0 Å². The van der Waals surface area contributed by atoms with Gasteiger partial charge in [0.2, 0.25) is 0 Å². The molecule has 3 aliphatic heterocycles. The lowest BCUT2D eigenvalue weighted by Gasteiger charge is -2.47. The van der Waals surface area contributed by atoms with Crippen molar-refractivity contribution >= 4 is 23.6 Å². The van der Waals surface area contributed by atoms with Crippen molar-refractivity contribution in [2.45, 2.75) is 43.3 Å². The van der Waals surface area contributed by atoms with Crippen molar-refractivity contribution in [2.75, 3.05) is 18.8 Å². The number of benzene rings is 1. The van der Waals surface area contributed by atoms with Crippen LogP contribution in [0.25, 0.3) is 0 Å². The highest BCUT2D eigenvalue weighted by Crippen LogP contribution is 2.46. The molecule has 2 saturated heterocycles. The van der Waals surface area contributed by atoms with E-state index >= 15 is 0 Å². The number of hydrogen-bond acceptors (Lipinski definition) is 6. The van der Waals surface area contributed by atoms with Gasteiger partial charge in [0.15, 0.2) is 0 Å². The number of ether oxygens (including phenoxy) is 2. The van der Waals surface area contributed by atoms with Crippen LogP contribution < -0.4 is 0 Å². The van der Waals surface area contributed by atoms with Gasteiger partial charge in [0.1, 0.15) is 0 Å². The van der Waals surface area contributed by atoms with Crippen LogP contribution in [-0.2, 0) is 34.1 Å². The second-order valence-corrected chi connectivity index (χ2v) is 9.88. The molecule has 7 nitrogen and oxygen atoms in total. The number of likely N-dealkylation sites (tertiary alicyclic amines) is 1. The molecule has 1 spiro atoms. The summed E-state index contributed by atoms with van der Waals surface area (Å²) in [5, 5.41) is 7.12. The van der Waals surface area contributed by atoms with Crippen LogP contribution in [0.3, 0.4) is 0 Å². The summed E-state index contributed by atoms with van der Waals surface area (Å²) in [7, 11) is 0. The Kier molecular flexibility index (Phi) is 7.15. The molecule has 1 atom stereocenters. The van der Waals surface area contributed by atoms with Crippen molar-refractivity contribution in [2.24, 2.45) is 0 Å². The number of aromatic nitrogens is 1. The monoisotopic (exact) mass is 496 g/mol. The van der Waals surface area contributed by atoms with Crippen LogP contribution in [0.2, 0.25) is 0 Å². The molecule has 0 saturated carbocycles. The first-order chi connectivity index (χ1) is 16.2. The average molecular weight is 497 g/mol. The maximum absolute atomic E-state index is 12.8. The van der Waals surface area contributed by atoms with Gasteiger partial charge in [-0.25, -0.2) is 4.79 Å². The molecular formula is C23H23F3N2O5S. The van der Waals surface area contributed by atoms with Gasteiger partial charge in [-0.1, -0.05) is 12.1 Å². The predicted molar refractivity (Wildman–Crippen MR) is 117 cm³/mol. The fraction of sp³-hybridized carbons (Fsp3) is 0.435. The van der Waals surface area contributed by atoms with E-state index in [0.717, 1.165) is 42.1 Å². The van der Waals surface area contributed by atoms with E-state index in [1.54, 1.807) is 6.20 Å². The minimum Gasteiger partial charge on any atom is -0.475 e. The second-order valence-electron chi connectivity index (χ2n) is 8.39. The van der Waals surface area contributed by atoms with Crippen molar-refractivity contribution < 1.29 is 37.3 Å². The minimum absolute atomic E-state index is 0.133. The highest BCUT2D eigenvalue weighted by Gasteiger charge is 2.51. The van der Waals surface area contributed by atoms with E-state index in [2.05, 4.69) is 4.98 Å². The van der Waals surface area contributed by atoms with E-state index < -0.39 is 12.1 Å². The van der Waals surface area contributed by atoms with Crippen LogP contribution in [0.4, 0.5) is 13.2 Å². The van der Waals surface area contributed by atoms with Crippen LogP contribution in [0.15, 0.2) is 42.6 Å². The van der Waals surface area contributed by atoms with Gasteiger partial charge in [-0.15, -0.1) is 11.8 Å². The molecule has 2 fully saturated rings. The number of halogens is 3. The van der Waals surface area contributed by atoms with Crippen molar-refractivity contribution in [3.63, 3.8) is 0 Å². The van der Waals surface area contributed by atoms with Gasteiger partial charge in [0.25, 0.3) is 5.91 Å². The fourth-order valence-corrected chi connectivity index (χ4v) is 5.65. The molecule has 1 aromatic heterocycles. The van der Waals surface area contributed by atoms with E-state index in [1.165, 1.54) is 5.56 Å². The highest BCUT2D eigenvalue weighted by atomic mass is 32.2. The Balaban J connectivity index is 0.000000344. The molecule has 1 unspecified atom stereocenters. The zero-order valence-electron chi connectivity index (χ0n) is 18.1. The third kappa shape index (κ3) is 5.70.